The summed E-state index contributed by atoms with van der Waals surface area (Å²) in [6.45, 7) is 3.27. The number of aryl methyl sites for hydroxylation is 2. The first-order chi connectivity index (χ1) is 6.38. The first-order valence-corrected chi connectivity index (χ1v) is 6.06. The van der Waals surface area contributed by atoms with E-state index in [1.807, 2.05) is 6.20 Å². The van der Waals surface area contributed by atoms with Gasteiger partial charge in [0.1, 0.15) is 5.82 Å². The molecule has 1 aromatic rings. The summed E-state index contributed by atoms with van der Waals surface area (Å²) >= 11 is 3.44. The summed E-state index contributed by atoms with van der Waals surface area (Å²) in [7, 11) is 0. The van der Waals surface area contributed by atoms with Crippen molar-refractivity contribution in [3.8, 4) is 0 Å². The summed E-state index contributed by atoms with van der Waals surface area (Å²) < 4.78 is 2.26. The van der Waals surface area contributed by atoms with Gasteiger partial charge in [-0.3, -0.25) is 0 Å². The molecule has 1 aromatic heterocycles. The second-order valence-electron chi connectivity index (χ2n) is 3.14. The van der Waals surface area contributed by atoms with Crippen LogP contribution in [-0.2, 0) is 13.0 Å². The fourth-order valence-corrected chi connectivity index (χ4v) is 1.81. The van der Waals surface area contributed by atoms with Gasteiger partial charge in [0.15, 0.2) is 0 Å². The lowest BCUT2D eigenvalue weighted by molar-refractivity contribution is 0.584. The van der Waals surface area contributed by atoms with Crippen molar-refractivity contribution in [1.29, 1.82) is 0 Å². The van der Waals surface area contributed by atoms with Crippen LogP contribution >= 0.6 is 15.9 Å². The molecule has 0 unspecified atom stereocenters. The highest BCUT2D eigenvalue weighted by atomic mass is 79.9. The molecule has 0 aliphatic heterocycles. The Balaban J connectivity index is 2.27. The van der Waals surface area contributed by atoms with Crippen LogP contribution in [-0.4, -0.2) is 14.9 Å². The molecule has 13 heavy (non-hydrogen) atoms. The molecule has 0 aliphatic rings. The Morgan fingerprint density at radius 2 is 2.23 bits per heavy atom. The summed E-state index contributed by atoms with van der Waals surface area (Å²) in [4.78, 5) is 4.29. The molecule has 0 amide bonds. The van der Waals surface area contributed by atoms with Crippen LogP contribution in [0.4, 0.5) is 0 Å². The highest BCUT2D eigenvalue weighted by molar-refractivity contribution is 9.09. The molecule has 0 saturated heterocycles. The Hall–Kier alpha value is -0.310. The van der Waals surface area contributed by atoms with Crippen LogP contribution in [0.15, 0.2) is 12.4 Å². The van der Waals surface area contributed by atoms with Crippen molar-refractivity contribution in [2.24, 2.45) is 0 Å². The third kappa shape index (κ3) is 3.51. The maximum Gasteiger partial charge on any atom is 0.108 e. The molecule has 74 valence electrons. The van der Waals surface area contributed by atoms with E-state index >= 15 is 0 Å². The SMILES string of the molecule is CCc1nccn1CCCCCBr. The second-order valence-corrected chi connectivity index (χ2v) is 3.93. The highest BCUT2D eigenvalue weighted by Gasteiger charge is 1.98. The Morgan fingerprint density at radius 3 is 2.92 bits per heavy atom. The van der Waals surface area contributed by atoms with Gasteiger partial charge in [0.2, 0.25) is 0 Å². The van der Waals surface area contributed by atoms with E-state index in [9.17, 15) is 0 Å². The fourth-order valence-electron chi connectivity index (χ4n) is 1.41. The topological polar surface area (TPSA) is 17.8 Å². The van der Waals surface area contributed by atoms with Crippen LogP contribution in [0.5, 0.6) is 0 Å². The highest BCUT2D eigenvalue weighted by Crippen LogP contribution is 2.04. The predicted molar refractivity (Wildman–Crippen MR) is 59.3 cm³/mol. The number of nitrogens with zero attached hydrogens (tertiary/aromatic N) is 2. The summed E-state index contributed by atoms with van der Waals surface area (Å²) in [5.74, 6) is 1.21. The zero-order chi connectivity index (χ0) is 9.52. The van der Waals surface area contributed by atoms with Gasteiger partial charge in [-0.2, -0.15) is 0 Å². The van der Waals surface area contributed by atoms with Gasteiger partial charge < -0.3 is 4.57 Å². The monoisotopic (exact) mass is 244 g/mol. The van der Waals surface area contributed by atoms with E-state index in [0.29, 0.717) is 0 Å². The average Bonchev–Trinajstić information content (AvgIpc) is 2.60. The number of hydrogen-bond acceptors (Lipinski definition) is 1. The van der Waals surface area contributed by atoms with Gasteiger partial charge in [-0.15, -0.1) is 0 Å². The zero-order valence-corrected chi connectivity index (χ0v) is 9.76. The molecule has 0 saturated carbocycles. The van der Waals surface area contributed by atoms with Crippen molar-refractivity contribution < 1.29 is 0 Å². The van der Waals surface area contributed by atoms with Gasteiger partial charge in [0.25, 0.3) is 0 Å². The maximum atomic E-state index is 4.29. The molecule has 3 heteroatoms. The van der Waals surface area contributed by atoms with Crippen molar-refractivity contribution in [1.82, 2.24) is 9.55 Å². The Kier molecular flexibility index (Phi) is 5.13. The van der Waals surface area contributed by atoms with Gasteiger partial charge in [0.05, 0.1) is 0 Å². The number of aromatic nitrogens is 2. The molecule has 0 atom stereocenters. The predicted octanol–water partition coefficient (Wildman–Crippen LogP) is 3.01. The fraction of sp³-hybridized carbons (Fsp3) is 0.700. The number of rotatable bonds is 6. The van der Waals surface area contributed by atoms with Crippen LogP contribution in [0.1, 0.15) is 32.0 Å². The molecule has 0 bridgehead atoms. The lowest BCUT2D eigenvalue weighted by atomic mass is 10.2. The van der Waals surface area contributed by atoms with Crippen molar-refractivity contribution in [2.75, 3.05) is 5.33 Å². The van der Waals surface area contributed by atoms with E-state index in [1.165, 1.54) is 25.1 Å². The Labute approximate surface area is 88.5 Å². The molecule has 0 aliphatic carbocycles. The summed E-state index contributed by atoms with van der Waals surface area (Å²) in [5, 5.41) is 1.12. The van der Waals surface area contributed by atoms with E-state index in [2.05, 4.69) is 38.6 Å². The van der Waals surface area contributed by atoms with Gasteiger partial charge >= 0.3 is 0 Å². The van der Waals surface area contributed by atoms with Crippen molar-refractivity contribution in [3.05, 3.63) is 18.2 Å². The first kappa shape index (κ1) is 10.8. The molecule has 2 nitrogen and oxygen atoms in total. The number of imidazole rings is 1. The second kappa shape index (κ2) is 6.19. The summed E-state index contributed by atoms with van der Waals surface area (Å²) in [6.07, 6.45) is 8.83. The van der Waals surface area contributed by atoms with Gasteiger partial charge in [-0.05, 0) is 12.8 Å². The van der Waals surface area contributed by atoms with Crippen molar-refractivity contribution in [3.63, 3.8) is 0 Å². The molecule has 0 spiro atoms. The molecule has 0 fully saturated rings. The number of hydrogen-bond donors (Lipinski definition) is 0. The molecule has 1 heterocycles. The van der Waals surface area contributed by atoms with Gasteiger partial charge in [0, 0.05) is 30.7 Å². The van der Waals surface area contributed by atoms with E-state index in [0.717, 1.165) is 18.3 Å². The number of alkyl halides is 1. The lowest BCUT2D eigenvalue weighted by Crippen LogP contribution is -2.01. The maximum absolute atomic E-state index is 4.29. The van der Waals surface area contributed by atoms with E-state index in [1.54, 1.807) is 0 Å². The van der Waals surface area contributed by atoms with Crippen LogP contribution in [0, 0.1) is 0 Å². The molecule has 1 rings (SSSR count). The normalized spacial score (nSPS) is 10.6. The van der Waals surface area contributed by atoms with E-state index < -0.39 is 0 Å². The largest absolute Gasteiger partial charge is 0.335 e. The molecule has 0 radical (unpaired) electrons. The minimum atomic E-state index is 1.03. The number of halogens is 1. The third-order valence-electron chi connectivity index (χ3n) is 2.15. The Morgan fingerprint density at radius 1 is 1.38 bits per heavy atom. The summed E-state index contributed by atoms with van der Waals surface area (Å²) in [6, 6.07) is 0. The smallest absolute Gasteiger partial charge is 0.108 e. The van der Waals surface area contributed by atoms with Crippen LogP contribution in [0.3, 0.4) is 0 Å². The third-order valence-corrected chi connectivity index (χ3v) is 2.71. The van der Waals surface area contributed by atoms with Crippen molar-refractivity contribution >= 4 is 15.9 Å². The minimum Gasteiger partial charge on any atom is -0.335 e. The summed E-state index contributed by atoms with van der Waals surface area (Å²) in [5.41, 5.74) is 0. The van der Waals surface area contributed by atoms with Crippen LogP contribution < -0.4 is 0 Å². The average molecular weight is 245 g/mol. The van der Waals surface area contributed by atoms with Gasteiger partial charge in [-0.1, -0.05) is 29.3 Å². The zero-order valence-electron chi connectivity index (χ0n) is 8.17. The molecule has 0 aromatic carbocycles. The molecule has 0 N–H and O–H groups in total. The molecular formula is C10H17BrN2. The van der Waals surface area contributed by atoms with E-state index in [4.69, 9.17) is 0 Å². The number of unbranched alkanes of at least 4 members (excludes halogenated alkanes) is 2. The Bertz CT molecular complexity index is 233. The van der Waals surface area contributed by atoms with Crippen LogP contribution in [0.2, 0.25) is 0 Å². The lowest BCUT2D eigenvalue weighted by Gasteiger charge is -2.05. The first-order valence-electron chi connectivity index (χ1n) is 4.94. The molecular weight excluding hydrogens is 228 g/mol. The van der Waals surface area contributed by atoms with Crippen LogP contribution in [0.25, 0.3) is 0 Å². The quantitative estimate of drug-likeness (QED) is 0.556. The van der Waals surface area contributed by atoms with E-state index in [-0.39, 0.29) is 0 Å². The minimum absolute atomic E-state index is 1.03. The van der Waals surface area contributed by atoms with Crippen molar-refractivity contribution in [2.45, 2.75) is 39.2 Å². The van der Waals surface area contributed by atoms with Gasteiger partial charge in [-0.25, -0.2) is 4.98 Å². The standard InChI is InChI=1S/C10H17BrN2/c1-2-10-12-7-9-13(10)8-5-3-4-6-11/h7,9H,2-6,8H2,1H3.